The summed E-state index contributed by atoms with van der Waals surface area (Å²) in [7, 11) is 0. The highest BCUT2D eigenvalue weighted by Crippen LogP contribution is 2.07. The first-order valence-electron chi connectivity index (χ1n) is 4.19. The first-order valence-corrected chi connectivity index (χ1v) is 5.59. The van der Waals surface area contributed by atoms with Gasteiger partial charge in [-0.2, -0.15) is 16.7 Å². The fraction of sp³-hybridized carbons (Fsp3) is 0.714. The van der Waals surface area contributed by atoms with Crippen LogP contribution >= 0.6 is 11.8 Å². The number of hydrogen-bond donors (Lipinski definition) is 3. The normalized spacial score (nSPS) is 12.8. The summed E-state index contributed by atoms with van der Waals surface area (Å²) in [6.07, 6.45) is 3.13. The second-order valence-electron chi connectivity index (χ2n) is 2.75. The molecule has 0 fully saturated rings. The van der Waals surface area contributed by atoms with Gasteiger partial charge in [-0.25, -0.2) is 5.10 Å². The Morgan fingerprint density at radius 3 is 2.92 bits per heavy atom. The van der Waals surface area contributed by atoms with E-state index in [0.29, 0.717) is 17.9 Å². The van der Waals surface area contributed by atoms with Gasteiger partial charge in [-0.1, -0.05) is 6.92 Å². The van der Waals surface area contributed by atoms with Crippen LogP contribution in [0.5, 0.6) is 0 Å². The Hall–Kier alpha value is -0.910. The second-order valence-corrected chi connectivity index (χ2v) is 3.66. The number of nitrogens with two attached hydrogens (primary N) is 1. The number of rotatable bonds is 5. The quantitative estimate of drug-likeness (QED) is 0.660. The number of aromatic nitrogens is 3. The summed E-state index contributed by atoms with van der Waals surface area (Å²) < 4.78 is 0. The van der Waals surface area contributed by atoms with E-state index in [0.717, 1.165) is 12.2 Å². The van der Waals surface area contributed by atoms with Crippen molar-refractivity contribution < 1.29 is 0 Å². The minimum absolute atomic E-state index is 0.349. The predicted molar refractivity (Wildman–Crippen MR) is 56.9 cm³/mol. The van der Waals surface area contributed by atoms with Gasteiger partial charge in [-0.05, 0) is 12.7 Å². The van der Waals surface area contributed by atoms with Crippen LogP contribution in [-0.2, 0) is 0 Å². The van der Waals surface area contributed by atoms with E-state index in [-0.39, 0.29) is 0 Å². The van der Waals surface area contributed by atoms with Crippen LogP contribution in [0.1, 0.15) is 13.3 Å². The molecule has 74 valence electrons. The Morgan fingerprint density at radius 1 is 1.69 bits per heavy atom. The van der Waals surface area contributed by atoms with Crippen molar-refractivity contribution in [2.75, 3.05) is 23.1 Å². The number of nitrogen functional groups attached to an aromatic ring is 1. The van der Waals surface area contributed by atoms with Crippen molar-refractivity contribution >= 4 is 23.7 Å². The van der Waals surface area contributed by atoms with E-state index in [1.54, 1.807) is 11.8 Å². The Labute approximate surface area is 81.9 Å². The third-order valence-corrected chi connectivity index (χ3v) is 2.43. The molecule has 0 aliphatic heterocycles. The monoisotopic (exact) mass is 201 g/mol. The molecule has 0 saturated carbocycles. The highest BCUT2D eigenvalue weighted by Gasteiger charge is 2.07. The molecule has 0 aromatic carbocycles. The summed E-state index contributed by atoms with van der Waals surface area (Å²) in [4.78, 5) is 3.97. The van der Waals surface area contributed by atoms with Gasteiger partial charge in [-0.3, -0.25) is 0 Å². The summed E-state index contributed by atoms with van der Waals surface area (Å²) in [6, 6.07) is 0.408. The highest BCUT2D eigenvalue weighted by molar-refractivity contribution is 7.98. The number of hydrogen-bond acceptors (Lipinski definition) is 5. The molecule has 1 aromatic heterocycles. The van der Waals surface area contributed by atoms with E-state index in [4.69, 9.17) is 5.73 Å². The number of nitrogens with one attached hydrogen (secondary N) is 2. The Bertz CT molecular complexity index is 249. The molecule has 6 heteroatoms. The zero-order valence-corrected chi connectivity index (χ0v) is 8.69. The average Bonchev–Trinajstić information content (AvgIpc) is 2.50. The number of aromatic amines is 1. The summed E-state index contributed by atoms with van der Waals surface area (Å²) in [5.74, 6) is 1.98. The average molecular weight is 201 g/mol. The van der Waals surface area contributed by atoms with E-state index in [9.17, 15) is 0 Å². The Kier molecular flexibility index (Phi) is 3.88. The molecule has 0 aliphatic rings. The van der Waals surface area contributed by atoms with Crippen LogP contribution in [-0.4, -0.2) is 33.2 Å². The lowest BCUT2D eigenvalue weighted by Gasteiger charge is -2.13. The minimum atomic E-state index is 0.349. The van der Waals surface area contributed by atoms with E-state index in [2.05, 4.69) is 33.7 Å². The maximum absolute atomic E-state index is 5.40. The molecule has 1 atom stereocenters. The molecule has 5 nitrogen and oxygen atoms in total. The van der Waals surface area contributed by atoms with Gasteiger partial charge in [0.25, 0.3) is 0 Å². The minimum Gasteiger partial charge on any atom is -0.368 e. The van der Waals surface area contributed by atoms with Crippen LogP contribution in [0.3, 0.4) is 0 Å². The van der Waals surface area contributed by atoms with Crippen molar-refractivity contribution in [3.63, 3.8) is 0 Å². The van der Waals surface area contributed by atoms with Crippen LogP contribution in [0.25, 0.3) is 0 Å². The van der Waals surface area contributed by atoms with Crippen molar-refractivity contribution in [1.29, 1.82) is 0 Å². The van der Waals surface area contributed by atoms with Gasteiger partial charge in [0.05, 0.1) is 0 Å². The van der Waals surface area contributed by atoms with Gasteiger partial charge < -0.3 is 11.1 Å². The van der Waals surface area contributed by atoms with Crippen LogP contribution < -0.4 is 11.1 Å². The number of nitrogens with zero attached hydrogens (tertiary/aromatic N) is 2. The lowest BCUT2D eigenvalue weighted by molar-refractivity contribution is 0.764. The van der Waals surface area contributed by atoms with Gasteiger partial charge in [0, 0.05) is 11.8 Å². The van der Waals surface area contributed by atoms with Crippen LogP contribution in [0.4, 0.5) is 11.9 Å². The maximum atomic E-state index is 5.40. The van der Waals surface area contributed by atoms with E-state index >= 15 is 0 Å². The van der Waals surface area contributed by atoms with Crippen molar-refractivity contribution in [1.82, 2.24) is 15.2 Å². The Balaban J connectivity index is 2.46. The highest BCUT2D eigenvalue weighted by atomic mass is 32.2. The fourth-order valence-electron chi connectivity index (χ4n) is 0.984. The third-order valence-electron chi connectivity index (χ3n) is 1.70. The van der Waals surface area contributed by atoms with E-state index < -0.39 is 0 Å². The van der Waals surface area contributed by atoms with Crippen molar-refractivity contribution in [3.8, 4) is 0 Å². The van der Waals surface area contributed by atoms with Crippen LogP contribution in [0.15, 0.2) is 0 Å². The molecule has 1 heterocycles. The van der Waals surface area contributed by atoms with Crippen molar-refractivity contribution in [2.45, 2.75) is 19.4 Å². The van der Waals surface area contributed by atoms with Crippen molar-refractivity contribution in [2.24, 2.45) is 0 Å². The van der Waals surface area contributed by atoms with Gasteiger partial charge in [0.1, 0.15) is 0 Å². The van der Waals surface area contributed by atoms with Crippen molar-refractivity contribution in [3.05, 3.63) is 0 Å². The summed E-state index contributed by atoms with van der Waals surface area (Å²) >= 11 is 1.80. The molecule has 0 amide bonds. The molecule has 4 N–H and O–H groups in total. The first kappa shape index (κ1) is 10.2. The lowest BCUT2D eigenvalue weighted by Crippen LogP contribution is -2.21. The maximum Gasteiger partial charge on any atom is 0.243 e. The molecular formula is C7H15N5S. The molecule has 0 aliphatic carbocycles. The molecule has 0 radical (unpaired) electrons. The molecule has 0 saturated heterocycles. The smallest absolute Gasteiger partial charge is 0.243 e. The molecule has 1 rings (SSSR count). The largest absolute Gasteiger partial charge is 0.368 e. The number of thioether (sulfide) groups is 1. The molecular weight excluding hydrogens is 186 g/mol. The number of H-pyrrole nitrogens is 1. The number of anilines is 2. The SMILES string of the molecule is CCC(CSC)Nc1n[nH]c(N)n1. The van der Waals surface area contributed by atoms with Gasteiger partial charge in [-0.15, -0.1) is 5.10 Å². The van der Waals surface area contributed by atoms with E-state index in [1.165, 1.54) is 0 Å². The Morgan fingerprint density at radius 2 is 2.46 bits per heavy atom. The molecule has 0 spiro atoms. The molecule has 13 heavy (non-hydrogen) atoms. The predicted octanol–water partition coefficient (Wildman–Crippen LogP) is 0.940. The molecule has 1 aromatic rings. The zero-order valence-electron chi connectivity index (χ0n) is 7.87. The molecule has 0 bridgehead atoms. The van der Waals surface area contributed by atoms with Crippen LogP contribution in [0.2, 0.25) is 0 Å². The lowest BCUT2D eigenvalue weighted by atomic mass is 10.3. The summed E-state index contributed by atoms with van der Waals surface area (Å²) in [5.41, 5.74) is 5.40. The summed E-state index contributed by atoms with van der Waals surface area (Å²) in [6.45, 7) is 2.13. The van der Waals surface area contributed by atoms with Crippen LogP contribution in [0, 0.1) is 0 Å². The molecule has 1 unspecified atom stereocenters. The van der Waals surface area contributed by atoms with Gasteiger partial charge >= 0.3 is 0 Å². The summed E-state index contributed by atoms with van der Waals surface area (Å²) in [5, 5.41) is 9.69. The van der Waals surface area contributed by atoms with Gasteiger partial charge in [0.15, 0.2) is 0 Å². The second kappa shape index (κ2) is 4.96. The first-order chi connectivity index (χ1) is 6.26. The fourth-order valence-corrected chi connectivity index (χ4v) is 1.71. The van der Waals surface area contributed by atoms with Gasteiger partial charge in [0.2, 0.25) is 11.9 Å². The zero-order chi connectivity index (χ0) is 9.68. The standard InChI is InChI=1S/C7H15N5S/c1-3-5(4-13-2)9-7-10-6(8)11-12-7/h5H,3-4H2,1-2H3,(H4,8,9,10,11,12). The van der Waals surface area contributed by atoms with E-state index in [1.807, 2.05) is 0 Å². The third kappa shape index (κ3) is 3.14. The topological polar surface area (TPSA) is 79.6 Å².